The van der Waals surface area contributed by atoms with E-state index in [4.69, 9.17) is 9.94 Å². The fourth-order valence-corrected chi connectivity index (χ4v) is 1.81. The van der Waals surface area contributed by atoms with Crippen LogP contribution in [0.2, 0.25) is 0 Å². The number of rotatable bonds is 3. The number of aliphatic hydroxyl groups is 3. The summed E-state index contributed by atoms with van der Waals surface area (Å²) in [6.07, 6.45) is -4.70. The van der Waals surface area contributed by atoms with E-state index in [1.165, 1.54) is 18.2 Å². The van der Waals surface area contributed by atoms with Crippen molar-refractivity contribution < 1.29 is 25.3 Å². The van der Waals surface area contributed by atoms with E-state index in [1.807, 2.05) is 0 Å². The Labute approximate surface area is 109 Å². The SMILES string of the molecule is [O-]N(O)c1cccc(N[C@H]2OC[C@@H](O)[C@@H](O)[C@@H]2O)c1. The zero-order chi connectivity index (χ0) is 14.0. The Morgan fingerprint density at radius 2 is 2.00 bits per heavy atom. The second-order valence-electron chi connectivity index (χ2n) is 4.27. The van der Waals surface area contributed by atoms with Gasteiger partial charge in [-0.15, -0.1) is 0 Å². The van der Waals surface area contributed by atoms with Crippen LogP contribution in [0.3, 0.4) is 0 Å². The normalized spacial score (nSPS) is 31.0. The van der Waals surface area contributed by atoms with Crippen molar-refractivity contribution in [3.05, 3.63) is 29.5 Å². The lowest BCUT2D eigenvalue weighted by molar-refractivity contribution is -0.178. The third kappa shape index (κ3) is 3.13. The van der Waals surface area contributed by atoms with E-state index in [-0.39, 0.29) is 17.5 Å². The summed E-state index contributed by atoms with van der Waals surface area (Å²) in [5.74, 6) is 0. The first kappa shape index (κ1) is 14.0. The molecule has 1 aromatic rings. The van der Waals surface area contributed by atoms with Crippen LogP contribution in [0.25, 0.3) is 0 Å². The third-order valence-corrected chi connectivity index (χ3v) is 2.88. The number of benzene rings is 1. The summed E-state index contributed by atoms with van der Waals surface area (Å²) < 4.78 is 5.15. The van der Waals surface area contributed by atoms with Crippen LogP contribution in [0.5, 0.6) is 0 Å². The molecule has 1 aliphatic rings. The molecule has 1 aromatic carbocycles. The van der Waals surface area contributed by atoms with E-state index in [1.54, 1.807) is 6.07 Å². The average Bonchev–Trinajstić information content (AvgIpc) is 2.40. The number of ether oxygens (including phenoxy) is 1. The predicted molar refractivity (Wildman–Crippen MR) is 65.5 cm³/mol. The Morgan fingerprint density at radius 1 is 1.26 bits per heavy atom. The fourth-order valence-electron chi connectivity index (χ4n) is 1.81. The summed E-state index contributed by atoms with van der Waals surface area (Å²) in [7, 11) is 0. The number of nitrogens with one attached hydrogen (secondary N) is 1. The molecular formula is C11H15N2O6-. The molecule has 0 radical (unpaired) electrons. The Balaban J connectivity index is 2.06. The zero-order valence-corrected chi connectivity index (χ0v) is 9.88. The lowest BCUT2D eigenvalue weighted by atomic mass is 10.0. The molecular weight excluding hydrogens is 256 g/mol. The van der Waals surface area contributed by atoms with Crippen molar-refractivity contribution >= 4 is 11.4 Å². The molecule has 5 N–H and O–H groups in total. The van der Waals surface area contributed by atoms with Gasteiger partial charge in [-0.3, -0.25) is 5.21 Å². The zero-order valence-electron chi connectivity index (χ0n) is 9.88. The average molecular weight is 271 g/mol. The van der Waals surface area contributed by atoms with Gasteiger partial charge in [0.25, 0.3) is 0 Å². The first-order chi connectivity index (χ1) is 8.99. The molecule has 2 rings (SSSR count). The van der Waals surface area contributed by atoms with Crippen LogP contribution in [0.4, 0.5) is 11.4 Å². The maximum absolute atomic E-state index is 10.7. The maximum atomic E-state index is 10.7. The van der Waals surface area contributed by atoms with E-state index in [2.05, 4.69) is 5.32 Å². The molecule has 1 heterocycles. The molecule has 1 saturated heterocycles. The number of nitrogens with zero attached hydrogens (tertiary/aromatic N) is 1. The van der Waals surface area contributed by atoms with Gasteiger partial charge >= 0.3 is 0 Å². The lowest BCUT2D eigenvalue weighted by Crippen LogP contribution is -2.55. The smallest absolute Gasteiger partial charge is 0.156 e. The molecule has 19 heavy (non-hydrogen) atoms. The minimum atomic E-state index is -1.32. The molecule has 0 aliphatic carbocycles. The third-order valence-electron chi connectivity index (χ3n) is 2.88. The number of hydrogen-bond donors (Lipinski definition) is 5. The highest BCUT2D eigenvalue weighted by molar-refractivity contribution is 5.57. The van der Waals surface area contributed by atoms with Gasteiger partial charge in [-0.1, -0.05) is 6.07 Å². The molecule has 0 spiro atoms. The fraction of sp³-hybridized carbons (Fsp3) is 0.455. The van der Waals surface area contributed by atoms with Gasteiger partial charge in [0.1, 0.15) is 18.3 Å². The van der Waals surface area contributed by atoms with Gasteiger partial charge in [-0.2, -0.15) is 0 Å². The lowest BCUT2D eigenvalue weighted by Gasteiger charge is -2.36. The first-order valence-corrected chi connectivity index (χ1v) is 5.67. The maximum Gasteiger partial charge on any atom is 0.156 e. The monoisotopic (exact) mass is 271 g/mol. The molecule has 4 atom stereocenters. The second kappa shape index (κ2) is 5.70. The van der Waals surface area contributed by atoms with Gasteiger partial charge in [0.05, 0.1) is 12.3 Å². The van der Waals surface area contributed by atoms with Crippen molar-refractivity contribution in [3.63, 3.8) is 0 Å². The Hall–Kier alpha value is -1.42. The van der Waals surface area contributed by atoms with Crippen LogP contribution >= 0.6 is 0 Å². The molecule has 106 valence electrons. The van der Waals surface area contributed by atoms with Crippen LogP contribution < -0.4 is 10.5 Å². The van der Waals surface area contributed by atoms with Gasteiger partial charge in [-0.25, -0.2) is 0 Å². The highest BCUT2D eigenvalue weighted by atomic mass is 16.8. The topological polar surface area (TPSA) is 128 Å². The molecule has 0 saturated carbocycles. The van der Waals surface area contributed by atoms with E-state index in [9.17, 15) is 20.5 Å². The summed E-state index contributed by atoms with van der Waals surface area (Å²) in [4.78, 5) is 0. The van der Waals surface area contributed by atoms with Gasteiger partial charge in [0.15, 0.2) is 6.23 Å². The predicted octanol–water partition coefficient (Wildman–Crippen LogP) is -0.769. The number of anilines is 2. The van der Waals surface area contributed by atoms with E-state index in [0.29, 0.717) is 5.69 Å². The minimum absolute atomic E-state index is 0.0101. The quantitative estimate of drug-likeness (QED) is 0.453. The van der Waals surface area contributed by atoms with Crippen LogP contribution in [0.15, 0.2) is 24.3 Å². The summed E-state index contributed by atoms with van der Waals surface area (Å²) in [5.41, 5.74) is 0.427. The highest BCUT2D eigenvalue weighted by Gasteiger charge is 2.37. The highest BCUT2D eigenvalue weighted by Crippen LogP contribution is 2.22. The summed E-state index contributed by atoms with van der Waals surface area (Å²) >= 11 is 0. The molecule has 8 heteroatoms. The van der Waals surface area contributed by atoms with Crippen LogP contribution in [-0.4, -0.2) is 51.7 Å². The van der Waals surface area contributed by atoms with Gasteiger partial charge < -0.3 is 35.8 Å². The van der Waals surface area contributed by atoms with E-state index < -0.39 is 24.5 Å². The van der Waals surface area contributed by atoms with Crippen LogP contribution in [0.1, 0.15) is 0 Å². The van der Waals surface area contributed by atoms with E-state index >= 15 is 0 Å². The minimum Gasteiger partial charge on any atom is -0.733 e. The Kier molecular flexibility index (Phi) is 4.20. The summed E-state index contributed by atoms with van der Waals surface area (Å²) in [5, 5.41) is 50.5. The van der Waals surface area contributed by atoms with Crippen LogP contribution in [0, 0.1) is 5.21 Å². The van der Waals surface area contributed by atoms with Gasteiger partial charge in [0.2, 0.25) is 0 Å². The van der Waals surface area contributed by atoms with Crippen molar-refractivity contribution in [2.75, 3.05) is 17.2 Å². The van der Waals surface area contributed by atoms with E-state index in [0.717, 1.165) is 0 Å². The summed E-state index contributed by atoms with van der Waals surface area (Å²) in [6.45, 7) is -0.122. The standard InChI is InChI=1S/C11H15N2O6/c14-8-5-19-11(10(16)9(8)15)12-6-2-1-3-7(4-6)13(17)18/h1-4,8-12,14-17H,5H2/q-1/t8-,9-,10+,11+/m1/s1. The molecule has 0 aromatic heterocycles. The molecule has 0 unspecified atom stereocenters. The Bertz CT molecular complexity index is 429. The number of aliphatic hydroxyl groups excluding tert-OH is 3. The largest absolute Gasteiger partial charge is 0.733 e. The molecule has 1 aliphatic heterocycles. The van der Waals surface area contributed by atoms with Crippen molar-refractivity contribution in [3.8, 4) is 0 Å². The van der Waals surface area contributed by atoms with Gasteiger partial charge in [-0.05, 0) is 18.2 Å². The molecule has 8 nitrogen and oxygen atoms in total. The second-order valence-corrected chi connectivity index (χ2v) is 4.27. The molecule has 1 fully saturated rings. The van der Waals surface area contributed by atoms with Crippen molar-refractivity contribution in [2.24, 2.45) is 0 Å². The van der Waals surface area contributed by atoms with Crippen molar-refractivity contribution in [2.45, 2.75) is 24.5 Å². The van der Waals surface area contributed by atoms with Crippen LogP contribution in [-0.2, 0) is 4.74 Å². The van der Waals surface area contributed by atoms with Crippen molar-refractivity contribution in [1.82, 2.24) is 0 Å². The van der Waals surface area contributed by atoms with Crippen molar-refractivity contribution in [1.29, 1.82) is 0 Å². The molecule has 0 amide bonds. The van der Waals surface area contributed by atoms with Gasteiger partial charge in [0, 0.05) is 5.69 Å². The first-order valence-electron chi connectivity index (χ1n) is 5.67. The summed E-state index contributed by atoms with van der Waals surface area (Å²) in [6, 6.07) is 5.87. The Morgan fingerprint density at radius 3 is 2.68 bits per heavy atom. The molecule has 0 bridgehead atoms. The number of hydrogen-bond acceptors (Lipinski definition) is 8.